The van der Waals surface area contributed by atoms with E-state index in [1.54, 1.807) is 58.0 Å². The number of amides is 4. The SMILES string of the molecule is CCNC(=O)[C@@H](NC(=O)[C@H](CC(F)(F)F)NC[C@H](Cc1ccccc1)NC(=O)c1cc(C(=O)N[C@H](C)c2ccccc2)cc(N(C)S(C)(=O)=O)c1)C(C)C. The Morgan fingerprint density at radius 3 is 1.87 bits per heavy atom. The Kier molecular flexibility index (Phi) is 15.6. The van der Waals surface area contributed by atoms with Gasteiger partial charge in [-0.25, -0.2) is 8.42 Å². The van der Waals surface area contributed by atoms with Gasteiger partial charge in [-0.2, -0.15) is 13.2 Å². The fourth-order valence-corrected chi connectivity index (χ4v) is 6.03. The van der Waals surface area contributed by atoms with Crippen LogP contribution in [0.25, 0.3) is 0 Å². The number of hydrogen-bond acceptors (Lipinski definition) is 7. The number of sulfonamides is 1. The van der Waals surface area contributed by atoms with Crippen molar-refractivity contribution in [3.8, 4) is 0 Å². The Morgan fingerprint density at radius 2 is 1.35 bits per heavy atom. The first-order valence-electron chi connectivity index (χ1n) is 17.5. The summed E-state index contributed by atoms with van der Waals surface area (Å²) in [7, 11) is -2.56. The molecule has 0 aromatic heterocycles. The van der Waals surface area contributed by atoms with E-state index < -0.39 is 76.3 Å². The van der Waals surface area contributed by atoms with Crippen LogP contribution >= 0.6 is 0 Å². The molecule has 0 fully saturated rings. The van der Waals surface area contributed by atoms with Crippen LogP contribution in [0.4, 0.5) is 18.9 Å². The molecule has 4 amide bonds. The van der Waals surface area contributed by atoms with Gasteiger partial charge in [0.15, 0.2) is 0 Å². The summed E-state index contributed by atoms with van der Waals surface area (Å²) in [5.74, 6) is -3.34. The summed E-state index contributed by atoms with van der Waals surface area (Å²) in [4.78, 5) is 53.2. The van der Waals surface area contributed by atoms with E-state index in [-0.39, 0.29) is 36.3 Å². The van der Waals surface area contributed by atoms with Crippen molar-refractivity contribution in [3.63, 3.8) is 0 Å². The van der Waals surface area contributed by atoms with Crippen molar-refractivity contribution in [3.05, 3.63) is 101 Å². The van der Waals surface area contributed by atoms with E-state index in [2.05, 4.69) is 26.6 Å². The van der Waals surface area contributed by atoms with Crippen LogP contribution in [0.1, 0.15) is 72.0 Å². The highest BCUT2D eigenvalue weighted by molar-refractivity contribution is 7.92. The fourth-order valence-electron chi connectivity index (χ4n) is 5.54. The highest BCUT2D eigenvalue weighted by Gasteiger charge is 2.37. The van der Waals surface area contributed by atoms with Crippen molar-refractivity contribution in [2.24, 2.45) is 5.92 Å². The molecular formula is C38H49F3N6O6S. The molecular weight excluding hydrogens is 726 g/mol. The number of benzene rings is 3. The number of halogens is 3. The van der Waals surface area contributed by atoms with Crippen LogP contribution in [0.15, 0.2) is 78.9 Å². The van der Waals surface area contributed by atoms with Crippen LogP contribution in [0.3, 0.4) is 0 Å². The number of rotatable bonds is 18. The number of nitrogens with zero attached hydrogens (tertiary/aromatic N) is 1. The maximum absolute atomic E-state index is 13.9. The third-order valence-corrected chi connectivity index (χ3v) is 9.78. The maximum Gasteiger partial charge on any atom is 0.391 e. The molecule has 3 rings (SSSR count). The summed E-state index contributed by atoms with van der Waals surface area (Å²) < 4.78 is 67.2. The molecule has 0 aliphatic heterocycles. The molecule has 0 saturated heterocycles. The van der Waals surface area contributed by atoms with Gasteiger partial charge < -0.3 is 26.6 Å². The molecule has 12 nitrogen and oxygen atoms in total. The number of carbonyl (C=O) groups is 4. The van der Waals surface area contributed by atoms with Gasteiger partial charge in [0, 0.05) is 37.3 Å². The molecule has 0 aliphatic rings. The quantitative estimate of drug-likeness (QED) is 0.130. The Morgan fingerprint density at radius 1 is 0.796 bits per heavy atom. The molecule has 54 heavy (non-hydrogen) atoms. The summed E-state index contributed by atoms with van der Waals surface area (Å²) in [5, 5.41) is 13.3. The third-order valence-electron chi connectivity index (χ3n) is 8.57. The third kappa shape index (κ3) is 13.5. The zero-order chi connectivity index (χ0) is 40.2. The molecule has 4 atom stereocenters. The van der Waals surface area contributed by atoms with Gasteiger partial charge >= 0.3 is 6.18 Å². The minimum absolute atomic E-state index is 0.0117. The van der Waals surface area contributed by atoms with E-state index in [0.717, 1.165) is 21.7 Å². The second-order valence-corrected chi connectivity index (χ2v) is 15.4. The number of hydrogen-bond donors (Lipinski definition) is 5. The van der Waals surface area contributed by atoms with Gasteiger partial charge in [0.05, 0.1) is 30.4 Å². The largest absolute Gasteiger partial charge is 0.391 e. The van der Waals surface area contributed by atoms with Crippen molar-refractivity contribution in [2.75, 3.05) is 30.7 Å². The van der Waals surface area contributed by atoms with E-state index in [9.17, 15) is 40.8 Å². The van der Waals surface area contributed by atoms with Crippen LogP contribution in [0, 0.1) is 5.92 Å². The lowest BCUT2D eigenvalue weighted by Gasteiger charge is -2.27. The second kappa shape index (κ2) is 19.4. The molecule has 0 radical (unpaired) electrons. The first-order chi connectivity index (χ1) is 25.3. The molecule has 3 aromatic rings. The molecule has 0 aliphatic carbocycles. The zero-order valence-corrected chi connectivity index (χ0v) is 32.0. The van der Waals surface area contributed by atoms with E-state index in [0.29, 0.717) is 0 Å². The Hall–Kier alpha value is -4.96. The first kappa shape index (κ1) is 43.4. The number of likely N-dealkylation sites (N-methyl/N-ethyl adjacent to an activating group) is 1. The highest BCUT2D eigenvalue weighted by atomic mass is 32.2. The van der Waals surface area contributed by atoms with Crippen LogP contribution < -0.4 is 30.9 Å². The van der Waals surface area contributed by atoms with Crippen molar-refractivity contribution in [1.82, 2.24) is 26.6 Å². The smallest absolute Gasteiger partial charge is 0.355 e. The first-order valence-corrected chi connectivity index (χ1v) is 19.3. The van der Waals surface area contributed by atoms with Crippen LogP contribution in [0.5, 0.6) is 0 Å². The van der Waals surface area contributed by atoms with Gasteiger partial charge in [-0.15, -0.1) is 0 Å². The average Bonchev–Trinajstić information content (AvgIpc) is 3.11. The molecule has 294 valence electrons. The molecule has 0 heterocycles. The van der Waals surface area contributed by atoms with E-state index in [1.807, 2.05) is 30.3 Å². The summed E-state index contributed by atoms with van der Waals surface area (Å²) in [6.45, 7) is 6.69. The Balaban J connectivity index is 1.95. The van der Waals surface area contributed by atoms with Crippen molar-refractivity contribution in [1.29, 1.82) is 0 Å². The summed E-state index contributed by atoms with van der Waals surface area (Å²) in [6, 6.07) is 17.6. The van der Waals surface area contributed by atoms with Gasteiger partial charge in [0.25, 0.3) is 11.8 Å². The van der Waals surface area contributed by atoms with Gasteiger partial charge in [0.2, 0.25) is 21.8 Å². The van der Waals surface area contributed by atoms with Gasteiger partial charge in [-0.1, -0.05) is 74.5 Å². The molecule has 0 unspecified atom stereocenters. The van der Waals surface area contributed by atoms with Crippen molar-refractivity contribution in [2.45, 2.75) is 70.9 Å². The number of anilines is 1. The number of carbonyl (C=O) groups excluding carboxylic acids is 4. The lowest BCUT2D eigenvalue weighted by molar-refractivity contribution is -0.150. The molecule has 0 spiro atoms. The average molecular weight is 775 g/mol. The van der Waals surface area contributed by atoms with E-state index >= 15 is 0 Å². The summed E-state index contributed by atoms with van der Waals surface area (Å²) in [6.07, 6.45) is -5.22. The van der Waals surface area contributed by atoms with Crippen molar-refractivity contribution < 1.29 is 40.8 Å². The van der Waals surface area contributed by atoms with Crippen LogP contribution in [-0.2, 0) is 26.0 Å². The number of nitrogens with one attached hydrogen (secondary N) is 5. The van der Waals surface area contributed by atoms with Gasteiger partial charge in [-0.3, -0.25) is 23.5 Å². The van der Waals surface area contributed by atoms with Gasteiger partial charge in [-0.05, 0) is 55.5 Å². The molecule has 5 N–H and O–H groups in total. The molecule has 0 bridgehead atoms. The fraction of sp³-hybridized carbons (Fsp3) is 0.421. The summed E-state index contributed by atoms with van der Waals surface area (Å²) in [5.41, 5.74) is 1.45. The van der Waals surface area contributed by atoms with E-state index in [4.69, 9.17) is 0 Å². The Labute approximate surface area is 314 Å². The molecule has 3 aromatic carbocycles. The van der Waals surface area contributed by atoms with Gasteiger partial charge in [0.1, 0.15) is 6.04 Å². The highest BCUT2D eigenvalue weighted by Crippen LogP contribution is 2.24. The number of alkyl halides is 3. The monoisotopic (exact) mass is 774 g/mol. The zero-order valence-electron chi connectivity index (χ0n) is 31.2. The topological polar surface area (TPSA) is 166 Å². The second-order valence-electron chi connectivity index (χ2n) is 13.4. The minimum atomic E-state index is -4.76. The standard InChI is InChI=1S/C38H49F3N6O6S/c1-7-42-37(51)33(24(2)3)46-36(50)32(22-38(39,40)41)43-23-30(18-26-14-10-8-11-15-26)45-35(49)29-19-28(20-31(21-29)47(5)54(6,52)53)34(48)44-25(4)27-16-12-9-13-17-27/h8-17,19-21,24-25,30,32-33,43H,7,18,22-23H2,1-6H3,(H,42,51)(H,44,48)(H,45,49)(H,46,50)/t25-,30+,32+,33+/m1/s1. The van der Waals surface area contributed by atoms with Crippen LogP contribution in [0.2, 0.25) is 0 Å². The van der Waals surface area contributed by atoms with Crippen LogP contribution in [-0.4, -0.2) is 82.7 Å². The maximum atomic E-state index is 13.9. The molecule has 16 heteroatoms. The predicted octanol–water partition coefficient (Wildman–Crippen LogP) is 4.10. The van der Waals surface area contributed by atoms with E-state index in [1.165, 1.54) is 25.2 Å². The molecule has 0 saturated carbocycles. The lowest BCUT2D eigenvalue weighted by Crippen LogP contribution is -2.57. The Bertz CT molecular complexity index is 1840. The van der Waals surface area contributed by atoms with Crippen molar-refractivity contribution >= 4 is 39.3 Å². The summed E-state index contributed by atoms with van der Waals surface area (Å²) >= 11 is 0. The normalized spacial score (nSPS) is 14.0. The predicted molar refractivity (Wildman–Crippen MR) is 201 cm³/mol. The lowest BCUT2D eigenvalue weighted by atomic mass is 10.0. The minimum Gasteiger partial charge on any atom is -0.355 e.